The molecule has 0 bridgehead atoms. The second-order valence-corrected chi connectivity index (χ2v) is 17.8. The molecule has 0 spiro atoms. The molecule has 0 aliphatic heterocycles. The number of benzene rings is 10. The largest absolute Gasteiger partial charge is 0.309 e. The van der Waals surface area contributed by atoms with E-state index in [1.54, 1.807) is 0 Å². The molecule has 0 atom stereocenters. The molecule has 13 rings (SSSR count). The Balaban J connectivity index is 0.791. The quantitative estimate of drug-likeness (QED) is 0.162. The average Bonchev–Trinajstić information content (AvgIpc) is 3.81. The first-order valence-corrected chi connectivity index (χ1v) is 22.1. The van der Waals surface area contributed by atoms with Crippen LogP contribution in [0.15, 0.2) is 212 Å². The van der Waals surface area contributed by atoms with Gasteiger partial charge in [0.1, 0.15) is 0 Å². The highest BCUT2D eigenvalue weighted by Gasteiger charge is 2.36. The van der Waals surface area contributed by atoms with Gasteiger partial charge in [-0.2, -0.15) is 0 Å². The lowest BCUT2D eigenvalue weighted by molar-refractivity contribution is 0.661. The van der Waals surface area contributed by atoms with E-state index in [1.165, 1.54) is 93.9 Å². The highest BCUT2D eigenvalue weighted by molar-refractivity contribution is 6.23. The monoisotopic (exact) mass is 815 g/mol. The van der Waals surface area contributed by atoms with Gasteiger partial charge in [-0.1, -0.05) is 184 Å². The van der Waals surface area contributed by atoms with Crippen molar-refractivity contribution in [3.05, 3.63) is 224 Å². The van der Waals surface area contributed by atoms with E-state index in [9.17, 15) is 0 Å². The summed E-state index contributed by atoms with van der Waals surface area (Å²) in [6.07, 6.45) is 1.92. The maximum absolute atomic E-state index is 5.23. The fourth-order valence-electron chi connectivity index (χ4n) is 10.6. The molecule has 0 saturated heterocycles. The number of hydrogen-bond donors (Lipinski definition) is 0. The van der Waals surface area contributed by atoms with Crippen LogP contribution in [0.5, 0.6) is 0 Å². The van der Waals surface area contributed by atoms with Crippen LogP contribution < -0.4 is 0 Å². The van der Waals surface area contributed by atoms with Crippen LogP contribution >= 0.6 is 0 Å². The van der Waals surface area contributed by atoms with Gasteiger partial charge in [0.05, 0.1) is 34.0 Å². The molecule has 0 amide bonds. The van der Waals surface area contributed by atoms with Crippen LogP contribution in [-0.2, 0) is 5.41 Å². The minimum atomic E-state index is -0.156. The molecule has 0 saturated carbocycles. The maximum atomic E-state index is 5.23. The van der Waals surface area contributed by atoms with Crippen LogP contribution in [0, 0.1) is 0 Å². The van der Waals surface area contributed by atoms with Gasteiger partial charge in [0.15, 0.2) is 0 Å². The van der Waals surface area contributed by atoms with Crippen molar-refractivity contribution in [1.82, 2.24) is 14.5 Å². The minimum absolute atomic E-state index is 0.156. The van der Waals surface area contributed by atoms with Gasteiger partial charge >= 0.3 is 0 Å². The van der Waals surface area contributed by atoms with Crippen LogP contribution in [0.3, 0.4) is 0 Å². The van der Waals surface area contributed by atoms with Crippen LogP contribution in [0.4, 0.5) is 0 Å². The van der Waals surface area contributed by atoms with E-state index in [-0.39, 0.29) is 5.41 Å². The van der Waals surface area contributed by atoms with Crippen LogP contribution in [0.2, 0.25) is 0 Å². The Labute approximate surface area is 371 Å². The molecule has 3 heteroatoms. The predicted octanol–water partition coefficient (Wildman–Crippen LogP) is 16.0. The predicted molar refractivity (Wildman–Crippen MR) is 268 cm³/mol. The summed E-state index contributed by atoms with van der Waals surface area (Å²) in [5.74, 6) is 0. The third-order valence-corrected chi connectivity index (χ3v) is 13.9. The van der Waals surface area contributed by atoms with Crippen molar-refractivity contribution >= 4 is 54.4 Å². The van der Waals surface area contributed by atoms with Crippen molar-refractivity contribution in [2.24, 2.45) is 0 Å². The number of rotatable bonds is 5. The van der Waals surface area contributed by atoms with E-state index in [1.807, 2.05) is 6.20 Å². The Morgan fingerprint density at radius 2 is 0.812 bits per heavy atom. The van der Waals surface area contributed by atoms with Crippen LogP contribution in [-0.4, -0.2) is 14.5 Å². The van der Waals surface area contributed by atoms with E-state index in [0.717, 1.165) is 33.1 Å². The minimum Gasteiger partial charge on any atom is -0.309 e. The molecule has 0 radical (unpaired) electrons. The molecule has 300 valence electrons. The zero-order valence-electron chi connectivity index (χ0n) is 35.5. The van der Waals surface area contributed by atoms with Crippen molar-refractivity contribution in [2.75, 3.05) is 0 Å². The highest BCUT2D eigenvalue weighted by Crippen LogP contribution is 2.51. The van der Waals surface area contributed by atoms with Gasteiger partial charge in [-0.15, -0.1) is 0 Å². The Kier molecular flexibility index (Phi) is 7.95. The first-order chi connectivity index (χ1) is 31.5. The zero-order valence-corrected chi connectivity index (χ0v) is 35.5. The third-order valence-electron chi connectivity index (χ3n) is 13.9. The summed E-state index contributed by atoms with van der Waals surface area (Å²) in [6, 6.07) is 75.2. The fraction of sp³-hybridized carbons (Fsp3) is 0.0492. The van der Waals surface area contributed by atoms with Gasteiger partial charge in [-0.05, 0) is 103 Å². The molecule has 10 aromatic carbocycles. The molecule has 2 aromatic heterocycles. The third kappa shape index (κ3) is 5.54. The Morgan fingerprint density at radius 1 is 0.359 bits per heavy atom. The molecule has 0 N–H and O–H groups in total. The van der Waals surface area contributed by atoms with Crippen molar-refractivity contribution in [2.45, 2.75) is 19.3 Å². The summed E-state index contributed by atoms with van der Waals surface area (Å²) in [7, 11) is 0. The normalized spacial score (nSPS) is 13.0. The van der Waals surface area contributed by atoms with Gasteiger partial charge < -0.3 is 4.57 Å². The molecule has 3 nitrogen and oxygen atoms in total. The summed E-state index contributed by atoms with van der Waals surface area (Å²) in [5, 5.41) is 7.20. The first kappa shape index (κ1) is 36.5. The van der Waals surface area contributed by atoms with Crippen molar-refractivity contribution in [1.29, 1.82) is 0 Å². The van der Waals surface area contributed by atoms with Crippen LogP contribution in [0.1, 0.15) is 25.0 Å². The van der Waals surface area contributed by atoms with E-state index >= 15 is 0 Å². The molecule has 2 heterocycles. The summed E-state index contributed by atoms with van der Waals surface area (Å²) in [4.78, 5) is 10.2. The number of nitrogens with zero attached hydrogens (tertiary/aromatic N) is 3. The Bertz CT molecular complexity index is 3800. The molecule has 0 unspecified atom stereocenters. The number of fused-ring (bicyclic) bond motifs is 12. The molecule has 12 aromatic rings. The van der Waals surface area contributed by atoms with Crippen molar-refractivity contribution in [3.8, 4) is 61.5 Å². The van der Waals surface area contributed by atoms with Gasteiger partial charge in [0.25, 0.3) is 0 Å². The van der Waals surface area contributed by atoms with E-state index in [0.29, 0.717) is 0 Å². The summed E-state index contributed by atoms with van der Waals surface area (Å²) in [6.45, 7) is 4.74. The molecule has 64 heavy (non-hydrogen) atoms. The Hall–Kier alpha value is -8.14. The molecule has 1 aliphatic rings. The molecule has 0 fully saturated rings. The molecular weight excluding hydrogens is 775 g/mol. The van der Waals surface area contributed by atoms with Gasteiger partial charge in [-0.25, -0.2) is 4.98 Å². The van der Waals surface area contributed by atoms with Gasteiger partial charge in [-0.3, -0.25) is 4.98 Å². The van der Waals surface area contributed by atoms with Gasteiger partial charge in [0.2, 0.25) is 0 Å². The standard InChI is InChI=1S/C61H41N3/c1-61(2)54-34-42(38-20-22-40(23-21-38)44-30-33-51-50-16-10-11-19-57(50)64(58(51)36-44)45-12-4-3-5-13-45)28-31-48(54)49-32-29-43(35-55(49)61)39-24-26-41(27-25-39)56-37-62-59-52-17-8-6-14-46(52)47-15-7-9-18-53(47)60(59)63-56/h3-37H,1-2H3. The summed E-state index contributed by atoms with van der Waals surface area (Å²) < 4.78 is 2.39. The lowest BCUT2D eigenvalue weighted by atomic mass is 9.81. The number of aromatic nitrogens is 3. The van der Waals surface area contributed by atoms with Crippen molar-refractivity contribution < 1.29 is 0 Å². The van der Waals surface area contributed by atoms with E-state index in [4.69, 9.17) is 9.97 Å². The number of hydrogen-bond acceptors (Lipinski definition) is 2. The maximum Gasteiger partial charge on any atom is 0.0979 e. The lowest BCUT2D eigenvalue weighted by Crippen LogP contribution is -2.15. The topological polar surface area (TPSA) is 30.7 Å². The molecular formula is C61H41N3. The van der Waals surface area contributed by atoms with E-state index in [2.05, 4.69) is 225 Å². The lowest BCUT2D eigenvalue weighted by Gasteiger charge is -2.22. The smallest absolute Gasteiger partial charge is 0.0979 e. The van der Waals surface area contributed by atoms with Gasteiger partial charge in [0, 0.05) is 38.2 Å². The SMILES string of the molecule is CC1(C)c2cc(-c3ccc(-c4ccc5c6ccccc6n(-c6ccccc6)c5c4)cc3)ccc2-c2ccc(-c3ccc(-c4cnc5c6ccccc6c6ccccc6c5n4)cc3)cc21. The highest BCUT2D eigenvalue weighted by atomic mass is 15.0. The van der Waals surface area contributed by atoms with E-state index < -0.39 is 0 Å². The second kappa shape index (κ2) is 13.9. The summed E-state index contributed by atoms with van der Waals surface area (Å²) >= 11 is 0. The van der Waals surface area contributed by atoms with Crippen molar-refractivity contribution in [3.63, 3.8) is 0 Å². The zero-order chi connectivity index (χ0) is 42.5. The number of para-hydroxylation sites is 2. The fourth-order valence-corrected chi connectivity index (χ4v) is 10.6. The molecule has 1 aliphatic carbocycles. The second-order valence-electron chi connectivity index (χ2n) is 17.8. The van der Waals surface area contributed by atoms with Crippen LogP contribution in [0.25, 0.3) is 116 Å². The Morgan fingerprint density at radius 3 is 1.42 bits per heavy atom. The first-order valence-electron chi connectivity index (χ1n) is 22.1. The summed E-state index contributed by atoms with van der Waals surface area (Å²) in [5.41, 5.74) is 19.9. The average molecular weight is 816 g/mol.